The van der Waals surface area contributed by atoms with Gasteiger partial charge < -0.3 is 5.11 Å². The Hall–Kier alpha value is -1.91. The lowest BCUT2D eigenvalue weighted by molar-refractivity contribution is 0.180. The Morgan fingerprint density at radius 2 is 2.15 bits per heavy atom. The standard InChI is InChI=1S/C15H12ClFN2O/c16-13-5-4-11(17)7-10(13)8-15(20)12-9-18-19-6-2-1-3-14(12)19/h1-7,9,15,20H,8H2. The van der Waals surface area contributed by atoms with Crippen LogP contribution in [0.25, 0.3) is 5.52 Å². The molecule has 0 spiro atoms. The third-order valence-electron chi connectivity index (χ3n) is 3.24. The molecule has 1 N–H and O–H groups in total. The maximum absolute atomic E-state index is 13.2. The van der Waals surface area contributed by atoms with Gasteiger partial charge in [0.15, 0.2) is 0 Å². The molecule has 3 rings (SSSR count). The summed E-state index contributed by atoms with van der Waals surface area (Å²) in [5, 5.41) is 15.0. The van der Waals surface area contributed by atoms with E-state index < -0.39 is 6.10 Å². The first-order valence-corrected chi connectivity index (χ1v) is 6.57. The number of fused-ring (bicyclic) bond motifs is 1. The SMILES string of the molecule is OC(Cc1cc(F)ccc1Cl)c1cnn2ccccc12. The minimum absolute atomic E-state index is 0.243. The van der Waals surface area contributed by atoms with Crippen LogP contribution in [0.3, 0.4) is 0 Å². The number of benzene rings is 1. The number of hydrogen-bond acceptors (Lipinski definition) is 2. The fraction of sp³-hybridized carbons (Fsp3) is 0.133. The van der Waals surface area contributed by atoms with Crippen LogP contribution in [0.5, 0.6) is 0 Å². The van der Waals surface area contributed by atoms with Crippen LogP contribution < -0.4 is 0 Å². The molecule has 3 nitrogen and oxygen atoms in total. The van der Waals surface area contributed by atoms with Crippen molar-refractivity contribution in [2.75, 3.05) is 0 Å². The maximum Gasteiger partial charge on any atom is 0.123 e. The largest absolute Gasteiger partial charge is 0.388 e. The molecule has 2 aromatic heterocycles. The van der Waals surface area contributed by atoms with Gasteiger partial charge in [-0.1, -0.05) is 17.7 Å². The number of hydrogen-bond donors (Lipinski definition) is 1. The van der Waals surface area contributed by atoms with Gasteiger partial charge in [0.25, 0.3) is 0 Å². The lowest BCUT2D eigenvalue weighted by atomic mass is 10.0. The van der Waals surface area contributed by atoms with Gasteiger partial charge in [0.05, 0.1) is 17.8 Å². The Morgan fingerprint density at radius 1 is 1.30 bits per heavy atom. The van der Waals surface area contributed by atoms with Gasteiger partial charge in [0.1, 0.15) is 5.82 Å². The number of rotatable bonds is 3. The maximum atomic E-state index is 13.2. The summed E-state index contributed by atoms with van der Waals surface area (Å²) >= 11 is 6.02. The lowest BCUT2D eigenvalue weighted by Gasteiger charge is -2.11. The number of halogens is 2. The monoisotopic (exact) mass is 290 g/mol. The molecular weight excluding hydrogens is 279 g/mol. The molecule has 2 heterocycles. The molecule has 0 aliphatic heterocycles. The zero-order chi connectivity index (χ0) is 14.1. The van der Waals surface area contributed by atoms with Crippen molar-refractivity contribution in [1.29, 1.82) is 0 Å². The molecule has 5 heteroatoms. The van der Waals surface area contributed by atoms with Crippen molar-refractivity contribution in [2.24, 2.45) is 0 Å². The summed E-state index contributed by atoms with van der Waals surface area (Å²) in [6.45, 7) is 0. The minimum Gasteiger partial charge on any atom is -0.388 e. The molecule has 0 radical (unpaired) electrons. The average molecular weight is 291 g/mol. The van der Waals surface area contributed by atoms with E-state index >= 15 is 0 Å². The van der Waals surface area contributed by atoms with Crippen LogP contribution in [0.1, 0.15) is 17.2 Å². The number of aromatic nitrogens is 2. The first kappa shape index (κ1) is 13.1. The fourth-order valence-corrected chi connectivity index (χ4v) is 2.42. The predicted molar refractivity (Wildman–Crippen MR) is 75.3 cm³/mol. The average Bonchev–Trinajstić information content (AvgIpc) is 2.87. The molecule has 0 saturated heterocycles. The van der Waals surface area contributed by atoms with Gasteiger partial charge in [-0.05, 0) is 35.9 Å². The van der Waals surface area contributed by atoms with E-state index in [4.69, 9.17) is 11.6 Å². The second kappa shape index (κ2) is 5.23. The van der Waals surface area contributed by atoms with Gasteiger partial charge in [-0.3, -0.25) is 0 Å². The van der Waals surface area contributed by atoms with Crippen LogP contribution in [0.15, 0.2) is 48.8 Å². The summed E-state index contributed by atoms with van der Waals surface area (Å²) in [6, 6.07) is 9.75. The van der Waals surface area contributed by atoms with Crippen molar-refractivity contribution in [3.05, 3.63) is 70.8 Å². The van der Waals surface area contributed by atoms with Gasteiger partial charge in [-0.25, -0.2) is 8.91 Å². The van der Waals surface area contributed by atoms with E-state index in [-0.39, 0.29) is 12.2 Å². The van der Waals surface area contributed by atoms with Crippen LogP contribution in [0.2, 0.25) is 5.02 Å². The molecule has 1 unspecified atom stereocenters. The molecule has 0 aliphatic rings. The number of aliphatic hydroxyl groups excluding tert-OH is 1. The molecule has 0 aliphatic carbocycles. The zero-order valence-electron chi connectivity index (χ0n) is 10.5. The molecule has 0 saturated carbocycles. The smallest absolute Gasteiger partial charge is 0.123 e. The third-order valence-corrected chi connectivity index (χ3v) is 3.61. The lowest BCUT2D eigenvalue weighted by Crippen LogP contribution is -2.02. The van der Waals surface area contributed by atoms with Crippen LogP contribution in [0.4, 0.5) is 4.39 Å². The van der Waals surface area contributed by atoms with E-state index in [1.807, 2.05) is 18.2 Å². The van der Waals surface area contributed by atoms with Crippen molar-refractivity contribution in [2.45, 2.75) is 12.5 Å². The second-order valence-corrected chi connectivity index (χ2v) is 4.99. The van der Waals surface area contributed by atoms with Gasteiger partial charge in [-0.15, -0.1) is 0 Å². The second-order valence-electron chi connectivity index (χ2n) is 4.59. The topological polar surface area (TPSA) is 37.5 Å². The highest BCUT2D eigenvalue weighted by atomic mass is 35.5. The Labute approximate surface area is 120 Å². The van der Waals surface area contributed by atoms with E-state index in [1.54, 1.807) is 16.9 Å². The van der Waals surface area contributed by atoms with Crippen LogP contribution in [-0.4, -0.2) is 14.7 Å². The molecule has 0 bridgehead atoms. The number of nitrogens with zero attached hydrogens (tertiary/aromatic N) is 2. The first-order chi connectivity index (χ1) is 9.65. The van der Waals surface area contributed by atoms with Gasteiger partial charge in [0.2, 0.25) is 0 Å². The molecule has 1 atom stereocenters. The summed E-state index contributed by atoms with van der Waals surface area (Å²) in [5.41, 5.74) is 2.10. The molecule has 3 aromatic rings. The van der Waals surface area contributed by atoms with Gasteiger partial charge in [0, 0.05) is 23.2 Å². The highest BCUT2D eigenvalue weighted by Crippen LogP contribution is 2.26. The van der Waals surface area contributed by atoms with Crippen molar-refractivity contribution < 1.29 is 9.50 Å². The van der Waals surface area contributed by atoms with Crippen molar-refractivity contribution >= 4 is 17.1 Å². The normalized spacial score (nSPS) is 12.8. The molecule has 1 aromatic carbocycles. The summed E-state index contributed by atoms with van der Waals surface area (Å²) in [6.07, 6.45) is 2.88. The van der Waals surface area contributed by atoms with E-state index in [9.17, 15) is 9.50 Å². The highest BCUT2D eigenvalue weighted by molar-refractivity contribution is 6.31. The predicted octanol–water partition coefficient (Wildman–Crippen LogP) is 3.40. The Balaban J connectivity index is 1.93. The Kier molecular flexibility index (Phi) is 3.42. The molecular formula is C15H12ClFN2O. The summed E-state index contributed by atoms with van der Waals surface area (Å²) in [7, 11) is 0. The summed E-state index contributed by atoms with van der Waals surface area (Å²) < 4.78 is 14.9. The third kappa shape index (κ3) is 2.40. The Bertz CT molecular complexity index is 756. The van der Waals surface area contributed by atoms with E-state index in [2.05, 4.69) is 5.10 Å². The first-order valence-electron chi connectivity index (χ1n) is 6.19. The van der Waals surface area contributed by atoms with Crippen molar-refractivity contribution in [3.63, 3.8) is 0 Å². The van der Waals surface area contributed by atoms with Gasteiger partial charge in [-0.2, -0.15) is 5.10 Å². The van der Waals surface area contributed by atoms with Crippen molar-refractivity contribution in [1.82, 2.24) is 9.61 Å². The quantitative estimate of drug-likeness (QED) is 0.803. The van der Waals surface area contributed by atoms with E-state index in [0.29, 0.717) is 16.1 Å². The molecule has 102 valence electrons. The number of aliphatic hydroxyl groups is 1. The highest BCUT2D eigenvalue weighted by Gasteiger charge is 2.15. The van der Waals surface area contributed by atoms with E-state index in [0.717, 1.165) is 5.52 Å². The van der Waals surface area contributed by atoms with Gasteiger partial charge >= 0.3 is 0 Å². The minimum atomic E-state index is -0.783. The fourth-order valence-electron chi connectivity index (χ4n) is 2.23. The molecule has 0 amide bonds. The molecule has 20 heavy (non-hydrogen) atoms. The molecule has 0 fully saturated rings. The zero-order valence-corrected chi connectivity index (χ0v) is 11.3. The number of pyridine rings is 1. The van der Waals surface area contributed by atoms with Crippen LogP contribution in [0, 0.1) is 5.82 Å². The van der Waals surface area contributed by atoms with Crippen molar-refractivity contribution in [3.8, 4) is 0 Å². The summed E-state index contributed by atoms with van der Waals surface area (Å²) in [5.74, 6) is -0.364. The summed E-state index contributed by atoms with van der Waals surface area (Å²) in [4.78, 5) is 0. The van der Waals surface area contributed by atoms with Crippen LogP contribution >= 0.6 is 11.6 Å². The van der Waals surface area contributed by atoms with Crippen LogP contribution in [-0.2, 0) is 6.42 Å². The van der Waals surface area contributed by atoms with E-state index in [1.165, 1.54) is 18.2 Å². The Morgan fingerprint density at radius 3 is 3.00 bits per heavy atom.